The number of carbonyl (C=O) groups is 2. The van der Waals surface area contributed by atoms with E-state index >= 15 is 0 Å². The molecule has 120 valence electrons. The molecule has 0 atom stereocenters. The van der Waals surface area contributed by atoms with E-state index in [-0.39, 0.29) is 11.7 Å². The van der Waals surface area contributed by atoms with Crippen LogP contribution >= 0.6 is 0 Å². The van der Waals surface area contributed by atoms with E-state index in [9.17, 15) is 9.59 Å². The zero-order valence-electron chi connectivity index (χ0n) is 13.6. The summed E-state index contributed by atoms with van der Waals surface area (Å²) in [6.07, 6.45) is 1.34. The number of anilines is 2. The predicted molar refractivity (Wildman–Crippen MR) is 94.0 cm³/mol. The summed E-state index contributed by atoms with van der Waals surface area (Å²) in [7, 11) is 0. The average Bonchev–Trinajstić information content (AvgIpc) is 2.55. The molecule has 0 radical (unpaired) electrons. The standard InChI is InChI=1S/C19H22N2O2/c1-3-15-6-4-5-7-18(15)20-13-12-19(23)21-17-10-8-16(9-11-17)14(2)22/h4-11,20H,3,12-13H2,1-2H3,(H,21,23). The van der Waals surface area contributed by atoms with E-state index in [2.05, 4.69) is 23.6 Å². The van der Waals surface area contributed by atoms with Gasteiger partial charge in [0.1, 0.15) is 0 Å². The molecule has 2 aromatic carbocycles. The van der Waals surface area contributed by atoms with Crippen LogP contribution in [0.25, 0.3) is 0 Å². The zero-order valence-corrected chi connectivity index (χ0v) is 13.6. The SMILES string of the molecule is CCc1ccccc1NCCC(=O)Nc1ccc(C(C)=O)cc1. The van der Waals surface area contributed by atoms with Crippen molar-refractivity contribution in [2.24, 2.45) is 0 Å². The zero-order chi connectivity index (χ0) is 16.7. The van der Waals surface area contributed by atoms with Gasteiger partial charge in [0.25, 0.3) is 0 Å². The number of carbonyl (C=O) groups excluding carboxylic acids is 2. The third kappa shape index (κ3) is 4.95. The van der Waals surface area contributed by atoms with Crippen molar-refractivity contribution in [1.82, 2.24) is 0 Å². The van der Waals surface area contributed by atoms with Gasteiger partial charge >= 0.3 is 0 Å². The normalized spacial score (nSPS) is 10.2. The van der Waals surface area contributed by atoms with Crippen LogP contribution in [0.1, 0.15) is 36.2 Å². The van der Waals surface area contributed by atoms with Crippen LogP contribution in [-0.4, -0.2) is 18.2 Å². The molecule has 2 N–H and O–H groups in total. The number of benzene rings is 2. The molecule has 0 fully saturated rings. The third-order valence-electron chi connectivity index (χ3n) is 3.64. The van der Waals surface area contributed by atoms with Crippen molar-refractivity contribution in [3.05, 3.63) is 59.7 Å². The lowest BCUT2D eigenvalue weighted by Gasteiger charge is -2.11. The Labute approximate surface area is 136 Å². The van der Waals surface area contributed by atoms with Crippen LogP contribution in [0.4, 0.5) is 11.4 Å². The maximum atomic E-state index is 12.0. The molecule has 2 aromatic rings. The fraction of sp³-hybridized carbons (Fsp3) is 0.263. The van der Waals surface area contributed by atoms with Gasteiger partial charge in [-0.15, -0.1) is 0 Å². The molecule has 4 nitrogen and oxygen atoms in total. The lowest BCUT2D eigenvalue weighted by Crippen LogP contribution is -2.16. The van der Waals surface area contributed by atoms with Gasteiger partial charge in [0.2, 0.25) is 5.91 Å². The topological polar surface area (TPSA) is 58.2 Å². The van der Waals surface area contributed by atoms with Crippen LogP contribution in [0, 0.1) is 0 Å². The Balaban J connectivity index is 1.82. The van der Waals surface area contributed by atoms with Gasteiger partial charge in [0, 0.05) is 29.9 Å². The first-order valence-electron chi connectivity index (χ1n) is 7.82. The second kappa shape index (κ2) is 8.13. The Hall–Kier alpha value is -2.62. The summed E-state index contributed by atoms with van der Waals surface area (Å²) in [5, 5.41) is 6.13. The van der Waals surface area contributed by atoms with Crippen LogP contribution in [0.2, 0.25) is 0 Å². The van der Waals surface area contributed by atoms with Crippen LogP contribution < -0.4 is 10.6 Å². The summed E-state index contributed by atoms with van der Waals surface area (Å²) in [5.41, 5.74) is 3.66. The van der Waals surface area contributed by atoms with Crippen molar-refractivity contribution in [3.63, 3.8) is 0 Å². The predicted octanol–water partition coefficient (Wildman–Crippen LogP) is 3.89. The summed E-state index contributed by atoms with van der Waals surface area (Å²) in [6.45, 7) is 4.21. The van der Waals surface area contributed by atoms with E-state index in [1.807, 2.05) is 18.2 Å². The second-order valence-electron chi connectivity index (χ2n) is 5.37. The van der Waals surface area contributed by atoms with Crippen molar-refractivity contribution < 1.29 is 9.59 Å². The van der Waals surface area contributed by atoms with Crippen molar-refractivity contribution in [2.75, 3.05) is 17.2 Å². The lowest BCUT2D eigenvalue weighted by atomic mass is 10.1. The van der Waals surface area contributed by atoms with E-state index in [1.165, 1.54) is 12.5 Å². The molecule has 0 aromatic heterocycles. The van der Waals surface area contributed by atoms with Crippen LogP contribution in [0.3, 0.4) is 0 Å². The first-order valence-corrected chi connectivity index (χ1v) is 7.82. The molecule has 0 aliphatic heterocycles. The quantitative estimate of drug-likeness (QED) is 0.763. The number of nitrogens with one attached hydrogen (secondary N) is 2. The maximum absolute atomic E-state index is 12.0. The fourth-order valence-electron chi connectivity index (χ4n) is 2.32. The first-order chi connectivity index (χ1) is 11.1. The Kier molecular flexibility index (Phi) is 5.92. The molecule has 0 bridgehead atoms. The number of rotatable bonds is 7. The van der Waals surface area contributed by atoms with Gasteiger partial charge in [0.15, 0.2) is 5.78 Å². The van der Waals surface area contributed by atoms with Gasteiger partial charge < -0.3 is 10.6 Å². The molecule has 0 saturated carbocycles. The van der Waals surface area contributed by atoms with E-state index in [4.69, 9.17) is 0 Å². The van der Waals surface area contributed by atoms with Gasteiger partial charge in [-0.25, -0.2) is 0 Å². The number of para-hydroxylation sites is 1. The third-order valence-corrected chi connectivity index (χ3v) is 3.64. The molecular formula is C19H22N2O2. The summed E-state index contributed by atoms with van der Waals surface area (Å²) in [4.78, 5) is 23.2. The summed E-state index contributed by atoms with van der Waals surface area (Å²) >= 11 is 0. The number of Topliss-reactive ketones (excluding diaryl/α,β-unsaturated/α-hetero) is 1. The van der Waals surface area contributed by atoms with Crippen molar-refractivity contribution in [2.45, 2.75) is 26.7 Å². The van der Waals surface area contributed by atoms with Crippen molar-refractivity contribution in [3.8, 4) is 0 Å². The Morgan fingerprint density at radius 2 is 1.70 bits per heavy atom. The number of aryl methyl sites for hydroxylation is 1. The van der Waals surface area contributed by atoms with E-state index < -0.39 is 0 Å². The Bertz CT molecular complexity index is 678. The smallest absolute Gasteiger partial charge is 0.226 e. The highest BCUT2D eigenvalue weighted by atomic mass is 16.1. The van der Waals surface area contributed by atoms with Gasteiger partial charge in [0.05, 0.1) is 0 Å². The summed E-state index contributed by atoms with van der Waals surface area (Å²) in [6, 6.07) is 15.0. The largest absolute Gasteiger partial charge is 0.384 e. The lowest BCUT2D eigenvalue weighted by molar-refractivity contribution is -0.115. The number of hydrogen-bond donors (Lipinski definition) is 2. The Morgan fingerprint density at radius 3 is 2.35 bits per heavy atom. The summed E-state index contributed by atoms with van der Waals surface area (Å²) in [5.74, 6) is -0.0382. The molecule has 1 amide bonds. The molecule has 0 unspecified atom stereocenters. The second-order valence-corrected chi connectivity index (χ2v) is 5.37. The van der Waals surface area contributed by atoms with Crippen LogP contribution in [0.5, 0.6) is 0 Å². The highest BCUT2D eigenvalue weighted by Crippen LogP contribution is 2.15. The van der Waals surface area contributed by atoms with Gasteiger partial charge in [-0.3, -0.25) is 9.59 Å². The summed E-state index contributed by atoms with van der Waals surface area (Å²) < 4.78 is 0. The minimum Gasteiger partial charge on any atom is -0.384 e. The molecule has 0 heterocycles. The molecule has 0 aliphatic rings. The maximum Gasteiger partial charge on any atom is 0.226 e. The van der Waals surface area contributed by atoms with E-state index in [0.717, 1.165) is 12.1 Å². The molecule has 0 saturated heterocycles. The monoisotopic (exact) mass is 310 g/mol. The minimum atomic E-state index is -0.0537. The molecule has 2 rings (SSSR count). The average molecular weight is 310 g/mol. The van der Waals surface area contributed by atoms with Crippen molar-refractivity contribution >= 4 is 23.1 Å². The van der Waals surface area contributed by atoms with Crippen LogP contribution in [-0.2, 0) is 11.2 Å². The van der Waals surface area contributed by atoms with Crippen molar-refractivity contribution in [1.29, 1.82) is 0 Å². The van der Waals surface area contributed by atoms with E-state index in [0.29, 0.717) is 24.2 Å². The van der Waals surface area contributed by atoms with Gasteiger partial charge in [-0.1, -0.05) is 25.1 Å². The Morgan fingerprint density at radius 1 is 1.00 bits per heavy atom. The van der Waals surface area contributed by atoms with Gasteiger partial charge in [-0.2, -0.15) is 0 Å². The highest BCUT2D eigenvalue weighted by molar-refractivity contribution is 5.95. The van der Waals surface area contributed by atoms with Gasteiger partial charge in [-0.05, 0) is 49.2 Å². The molecule has 4 heteroatoms. The number of amides is 1. The minimum absolute atomic E-state index is 0.0154. The van der Waals surface area contributed by atoms with E-state index in [1.54, 1.807) is 24.3 Å². The first kappa shape index (κ1) is 16.7. The fourth-order valence-corrected chi connectivity index (χ4v) is 2.32. The van der Waals surface area contributed by atoms with Crippen LogP contribution in [0.15, 0.2) is 48.5 Å². The molecule has 0 aliphatic carbocycles. The molecule has 0 spiro atoms. The molecular weight excluding hydrogens is 288 g/mol. The number of hydrogen-bond acceptors (Lipinski definition) is 3. The number of ketones is 1. The highest BCUT2D eigenvalue weighted by Gasteiger charge is 2.05. The molecule has 23 heavy (non-hydrogen) atoms.